The quantitative estimate of drug-likeness (QED) is 0.505. The summed E-state index contributed by atoms with van der Waals surface area (Å²) in [7, 11) is -3.88. The summed E-state index contributed by atoms with van der Waals surface area (Å²) < 4.78 is 32.3. The summed E-state index contributed by atoms with van der Waals surface area (Å²) >= 11 is 0. The van der Waals surface area contributed by atoms with E-state index in [1.54, 1.807) is 27.7 Å². The molecule has 2 aromatic carbocycles. The van der Waals surface area contributed by atoms with Gasteiger partial charge in [0.2, 0.25) is 10.0 Å². The molecule has 0 spiro atoms. The molecule has 1 atom stereocenters. The number of sulfonamides is 1. The Morgan fingerprint density at radius 3 is 1.94 bits per heavy atom. The Morgan fingerprint density at radius 2 is 1.48 bits per heavy atom. The molecule has 2 rings (SSSR count). The lowest BCUT2D eigenvalue weighted by molar-refractivity contribution is -0.0561. The lowest BCUT2D eigenvalue weighted by Gasteiger charge is -2.29. The number of ether oxygens (including phenoxy) is 1. The highest BCUT2D eigenvalue weighted by molar-refractivity contribution is 7.90. The predicted octanol–water partition coefficient (Wildman–Crippen LogP) is 5.16. The Morgan fingerprint density at radius 1 is 0.970 bits per heavy atom. The Hall–Kier alpha value is -2.58. The molecule has 7 nitrogen and oxygen atoms in total. The van der Waals surface area contributed by atoms with Gasteiger partial charge >= 0.3 is 6.03 Å². The van der Waals surface area contributed by atoms with Crippen LogP contribution in [0.25, 0.3) is 11.1 Å². The van der Waals surface area contributed by atoms with Gasteiger partial charge in [-0.25, -0.2) is 23.0 Å². The van der Waals surface area contributed by atoms with E-state index in [2.05, 4.69) is 36.7 Å². The first-order chi connectivity index (χ1) is 15.3. The van der Waals surface area contributed by atoms with Crippen molar-refractivity contribution in [2.24, 2.45) is 0 Å². The van der Waals surface area contributed by atoms with E-state index in [0.717, 1.165) is 21.9 Å². The number of urea groups is 1. The zero-order chi connectivity index (χ0) is 24.8. The summed E-state index contributed by atoms with van der Waals surface area (Å²) in [6, 6.07) is 15.1. The highest BCUT2D eigenvalue weighted by Gasteiger charge is 2.33. The van der Waals surface area contributed by atoms with E-state index in [9.17, 15) is 13.2 Å². The van der Waals surface area contributed by atoms with Gasteiger partial charge in [0.25, 0.3) is 0 Å². The number of hydrogen-bond acceptors (Lipinski definition) is 5. The average Bonchev–Trinajstić information content (AvgIpc) is 2.75. The van der Waals surface area contributed by atoms with Crippen LogP contribution in [-0.4, -0.2) is 42.3 Å². The number of nitrogens with one attached hydrogen (secondary N) is 1. The normalized spacial score (nSPS) is 13.0. The number of rotatable bonds is 9. The molecule has 0 saturated carbocycles. The van der Waals surface area contributed by atoms with Crippen LogP contribution in [0, 0.1) is 0 Å². The number of hydroxylamine groups is 1. The van der Waals surface area contributed by atoms with Crippen LogP contribution in [0.2, 0.25) is 0 Å². The molecule has 182 valence electrons. The second-order valence-electron chi connectivity index (χ2n) is 9.25. The summed E-state index contributed by atoms with van der Waals surface area (Å²) in [5.41, 5.74) is 5.02. The monoisotopic (exact) mass is 476 g/mol. The number of carbonyl (C=O) groups excluding carboxylic acids is 1. The van der Waals surface area contributed by atoms with E-state index < -0.39 is 33.0 Å². The molecular formula is C25H36N2O5S. The van der Waals surface area contributed by atoms with E-state index in [1.165, 1.54) is 19.4 Å². The van der Waals surface area contributed by atoms with Gasteiger partial charge in [-0.1, -0.05) is 43.3 Å². The molecule has 0 radical (unpaired) electrons. The van der Waals surface area contributed by atoms with Crippen molar-refractivity contribution in [2.45, 2.75) is 71.8 Å². The molecule has 0 aliphatic rings. The highest BCUT2D eigenvalue weighted by atomic mass is 32.2. The fourth-order valence-corrected chi connectivity index (χ4v) is 4.16. The fraction of sp³-hybridized carbons (Fsp3) is 0.480. The highest BCUT2D eigenvalue weighted by Crippen LogP contribution is 2.24. The first-order valence-corrected chi connectivity index (χ1v) is 12.7. The minimum atomic E-state index is -3.88. The maximum atomic E-state index is 12.8. The van der Waals surface area contributed by atoms with Gasteiger partial charge < -0.3 is 4.74 Å². The number of nitrogens with zero attached hydrogens (tertiary/aromatic N) is 1. The van der Waals surface area contributed by atoms with Crippen molar-refractivity contribution >= 4 is 16.1 Å². The molecular weight excluding hydrogens is 440 g/mol. The van der Waals surface area contributed by atoms with Crippen LogP contribution in [0.1, 0.15) is 54.0 Å². The van der Waals surface area contributed by atoms with Crippen LogP contribution in [0.4, 0.5) is 4.79 Å². The summed E-state index contributed by atoms with van der Waals surface area (Å²) in [6.07, 6.45) is 0.420. The van der Waals surface area contributed by atoms with Gasteiger partial charge in [0.15, 0.2) is 0 Å². The predicted molar refractivity (Wildman–Crippen MR) is 131 cm³/mol. The van der Waals surface area contributed by atoms with Gasteiger partial charge in [-0.3, -0.25) is 4.84 Å². The third-order valence-corrected chi connectivity index (χ3v) is 7.00. The molecule has 8 heteroatoms. The van der Waals surface area contributed by atoms with Crippen LogP contribution < -0.4 is 10.2 Å². The Kier molecular flexibility index (Phi) is 8.91. The third kappa shape index (κ3) is 7.75. The lowest BCUT2D eigenvalue weighted by Crippen LogP contribution is -2.51. The van der Waals surface area contributed by atoms with Crippen molar-refractivity contribution in [3.8, 4) is 16.9 Å². The molecule has 0 saturated heterocycles. The van der Waals surface area contributed by atoms with Gasteiger partial charge in [-0.05, 0) is 76.8 Å². The molecule has 0 bridgehead atoms. The Labute approximate surface area is 198 Å². The van der Waals surface area contributed by atoms with Gasteiger partial charge in [0.05, 0.1) is 17.4 Å². The first-order valence-electron chi connectivity index (χ1n) is 11.2. The number of hydrogen-bond donors (Lipinski definition) is 1. The van der Waals surface area contributed by atoms with Crippen LogP contribution in [-0.2, 0) is 21.3 Å². The fourth-order valence-electron chi connectivity index (χ4n) is 2.97. The van der Waals surface area contributed by atoms with Gasteiger partial charge in [0.1, 0.15) is 11.9 Å². The van der Waals surface area contributed by atoms with Gasteiger partial charge in [-0.2, -0.15) is 0 Å². The summed E-state index contributed by atoms with van der Waals surface area (Å²) in [4.78, 5) is 17.9. The zero-order valence-corrected chi connectivity index (χ0v) is 21.4. The van der Waals surface area contributed by atoms with E-state index in [0.29, 0.717) is 5.75 Å². The van der Waals surface area contributed by atoms with Crippen LogP contribution >= 0.6 is 0 Å². The van der Waals surface area contributed by atoms with E-state index in [-0.39, 0.29) is 6.54 Å². The van der Waals surface area contributed by atoms with Crippen molar-refractivity contribution < 1.29 is 22.8 Å². The maximum Gasteiger partial charge on any atom is 0.355 e. The van der Waals surface area contributed by atoms with E-state index in [1.807, 2.05) is 24.3 Å². The van der Waals surface area contributed by atoms with Crippen LogP contribution in [0.15, 0.2) is 48.5 Å². The minimum absolute atomic E-state index is 0.153. The summed E-state index contributed by atoms with van der Waals surface area (Å²) in [5.74, 6) is 0.588. The van der Waals surface area contributed by atoms with Crippen molar-refractivity contribution in [1.82, 2.24) is 9.79 Å². The number of benzene rings is 2. The molecule has 0 fully saturated rings. The van der Waals surface area contributed by atoms with Crippen LogP contribution in [0.3, 0.4) is 0 Å². The molecule has 0 aliphatic carbocycles. The average molecular weight is 477 g/mol. The molecule has 0 heterocycles. The number of amides is 2. The molecule has 33 heavy (non-hydrogen) atoms. The van der Waals surface area contributed by atoms with Crippen molar-refractivity contribution in [3.63, 3.8) is 0 Å². The third-order valence-electron chi connectivity index (χ3n) is 4.88. The molecule has 0 aliphatic heterocycles. The Bertz CT molecular complexity index is 1010. The second kappa shape index (κ2) is 11.0. The summed E-state index contributed by atoms with van der Waals surface area (Å²) in [6.45, 7) is 12.0. The van der Waals surface area contributed by atoms with E-state index in [4.69, 9.17) is 9.57 Å². The standard InChI is InChI=1S/C25H36N2O5S/c1-8-20-9-11-21(12-10-20)22-13-15-23(16-14-22)31-19(4)17-27(33(29,30)18(2)3)24(28)26-32-25(5,6)7/h9-16,18-19H,8,17H2,1-7H3,(H,26,28). The van der Waals surface area contributed by atoms with Crippen molar-refractivity contribution in [1.29, 1.82) is 0 Å². The molecule has 0 aromatic heterocycles. The van der Waals surface area contributed by atoms with Crippen LogP contribution in [0.5, 0.6) is 5.75 Å². The minimum Gasteiger partial charge on any atom is -0.489 e. The topological polar surface area (TPSA) is 84.9 Å². The molecule has 2 amide bonds. The number of carbonyl (C=O) groups is 1. The van der Waals surface area contributed by atoms with Crippen molar-refractivity contribution in [2.75, 3.05) is 6.54 Å². The largest absolute Gasteiger partial charge is 0.489 e. The SMILES string of the molecule is CCc1ccc(-c2ccc(OC(C)CN(C(=O)NOC(C)(C)C)S(=O)(=O)C(C)C)cc2)cc1. The molecule has 1 N–H and O–H groups in total. The maximum absolute atomic E-state index is 12.8. The Balaban J connectivity index is 2.10. The smallest absolute Gasteiger partial charge is 0.355 e. The zero-order valence-electron chi connectivity index (χ0n) is 20.6. The lowest BCUT2D eigenvalue weighted by atomic mass is 10.0. The van der Waals surface area contributed by atoms with Gasteiger partial charge in [-0.15, -0.1) is 0 Å². The second-order valence-corrected chi connectivity index (χ2v) is 11.7. The molecule has 2 aromatic rings. The van der Waals surface area contributed by atoms with Crippen molar-refractivity contribution in [3.05, 3.63) is 54.1 Å². The first kappa shape index (κ1) is 26.7. The number of aryl methyl sites for hydroxylation is 1. The van der Waals surface area contributed by atoms with E-state index >= 15 is 0 Å². The van der Waals surface area contributed by atoms with Gasteiger partial charge in [0, 0.05) is 0 Å². The summed E-state index contributed by atoms with van der Waals surface area (Å²) in [5, 5.41) is -0.775. The molecule has 1 unspecified atom stereocenters.